The van der Waals surface area contributed by atoms with Crippen molar-refractivity contribution in [2.75, 3.05) is 21.3 Å². The SMILES string of the molecule is COc1cc([C@H]2C(=C(O)c3ccc4c(c3)C[C@H](C)O4)C(=O)C(=O)N2Cc2ccco2)cc(OC)c1OC. The minimum Gasteiger partial charge on any atom is -0.507 e. The summed E-state index contributed by atoms with van der Waals surface area (Å²) < 4.78 is 27.7. The van der Waals surface area contributed by atoms with Crippen LogP contribution in [0.25, 0.3) is 5.76 Å². The number of amides is 1. The van der Waals surface area contributed by atoms with E-state index in [0.717, 1.165) is 11.3 Å². The van der Waals surface area contributed by atoms with E-state index in [0.29, 0.717) is 40.6 Å². The second-order valence-electron chi connectivity index (χ2n) is 8.92. The molecule has 9 heteroatoms. The van der Waals surface area contributed by atoms with Crippen molar-refractivity contribution in [3.63, 3.8) is 0 Å². The number of nitrogens with zero attached hydrogens (tertiary/aromatic N) is 1. The quantitative estimate of drug-likeness (QED) is 0.289. The van der Waals surface area contributed by atoms with Gasteiger partial charge in [-0.1, -0.05) is 0 Å². The van der Waals surface area contributed by atoms with Crippen molar-refractivity contribution >= 4 is 17.4 Å². The third-order valence-electron chi connectivity index (χ3n) is 6.62. The lowest BCUT2D eigenvalue weighted by molar-refractivity contribution is -0.140. The second kappa shape index (κ2) is 9.57. The largest absolute Gasteiger partial charge is 0.507 e. The summed E-state index contributed by atoms with van der Waals surface area (Å²) in [5.74, 6) is 0.466. The monoisotopic (exact) mass is 505 g/mol. The summed E-state index contributed by atoms with van der Waals surface area (Å²) in [6, 6.07) is 11.0. The number of Topliss-reactive ketones (excluding diaryl/α,β-unsaturated/α-hetero) is 1. The molecule has 3 aromatic rings. The van der Waals surface area contributed by atoms with Crippen LogP contribution in [0.3, 0.4) is 0 Å². The fourth-order valence-electron chi connectivity index (χ4n) is 4.94. The first kappa shape index (κ1) is 24.3. The molecule has 37 heavy (non-hydrogen) atoms. The third kappa shape index (κ3) is 4.16. The molecular formula is C28H27NO8. The molecule has 0 bridgehead atoms. The molecule has 2 atom stereocenters. The Balaban J connectivity index is 1.69. The average Bonchev–Trinajstić information content (AvgIpc) is 3.61. The Bertz CT molecular complexity index is 1370. The van der Waals surface area contributed by atoms with Gasteiger partial charge in [0.05, 0.1) is 45.8 Å². The number of ketones is 1. The van der Waals surface area contributed by atoms with Crippen LogP contribution in [-0.2, 0) is 22.6 Å². The molecule has 9 nitrogen and oxygen atoms in total. The maximum atomic E-state index is 13.4. The van der Waals surface area contributed by atoms with Gasteiger partial charge in [-0.25, -0.2) is 0 Å². The van der Waals surface area contributed by atoms with Gasteiger partial charge in [-0.2, -0.15) is 0 Å². The van der Waals surface area contributed by atoms with Gasteiger partial charge in [0, 0.05) is 12.0 Å². The predicted octanol–water partition coefficient (Wildman–Crippen LogP) is 4.25. The van der Waals surface area contributed by atoms with Crippen LogP contribution in [0.1, 0.15) is 35.4 Å². The summed E-state index contributed by atoms with van der Waals surface area (Å²) in [7, 11) is 4.45. The Labute approximate surface area is 213 Å². The molecule has 1 N–H and O–H groups in total. The van der Waals surface area contributed by atoms with Crippen LogP contribution in [0.4, 0.5) is 0 Å². The topological polar surface area (TPSA) is 108 Å². The van der Waals surface area contributed by atoms with Gasteiger partial charge < -0.3 is 33.4 Å². The molecule has 0 unspecified atom stereocenters. The van der Waals surface area contributed by atoms with Crippen LogP contribution in [0.2, 0.25) is 0 Å². The van der Waals surface area contributed by atoms with Gasteiger partial charge in [-0.3, -0.25) is 9.59 Å². The lowest BCUT2D eigenvalue weighted by Crippen LogP contribution is -2.29. The molecule has 1 aromatic heterocycles. The lowest BCUT2D eigenvalue weighted by Gasteiger charge is -2.26. The molecule has 0 saturated carbocycles. The Morgan fingerprint density at radius 3 is 2.41 bits per heavy atom. The standard InChI is InChI=1S/C28H27NO8/c1-15-10-17-11-16(7-8-20(17)37-15)25(30)23-24(18-12-21(33-2)27(35-4)22(13-18)34-3)29(28(32)26(23)31)14-19-6-5-9-36-19/h5-9,11-13,15,24,30H,10,14H2,1-4H3/t15-,24-/m0/s1. The van der Waals surface area contributed by atoms with Crippen molar-refractivity contribution in [2.24, 2.45) is 0 Å². The summed E-state index contributed by atoms with van der Waals surface area (Å²) >= 11 is 0. The van der Waals surface area contributed by atoms with Gasteiger partial charge in [-0.05, 0) is 60.5 Å². The van der Waals surface area contributed by atoms with Crippen LogP contribution in [0.5, 0.6) is 23.0 Å². The zero-order valence-corrected chi connectivity index (χ0v) is 20.9. The molecule has 1 saturated heterocycles. The Hall–Kier alpha value is -4.40. The minimum absolute atomic E-state index is 0.0190. The molecule has 2 aliphatic rings. The molecule has 3 heterocycles. The van der Waals surface area contributed by atoms with E-state index in [1.165, 1.54) is 32.5 Å². The third-order valence-corrected chi connectivity index (χ3v) is 6.62. The van der Waals surface area contributed by atoms with Gasteiger partial charge in [-0.15, -0.1) is 0 Å². The van der Waals surface area contributed by atoms with Gasteiger partial charge in [0.1, 0.15) is 23.4 Å². The number of ether oxygens (including phenoxy) is 4. The molecule has 1 amide bonds. The Morgan fingerprint density at radius 2 is 1.78 bits per heavy atom. The first-order valence-corrected chi connectivity index (χ1v) is 11.8. The van der Waals surface area contributed by atoms with Gasteiger partial charge in [0.15, 0.2) is 11.5 Å². The maximum absolute atomic E-state index is 13.4. The summed E-state index contributed by atoms with van der Waals surface area (Å²) in [5, 5.41) is 11.5. The number of methoxy groups -OCH3 is 3. The van der Waals surface area contributed by atoms with Gasteiger partial charge >= 0.3 is 0 Å². The Morgan fingerprint density at radius 1 is 1.05 bits per heavy atom. The average molecular weight is 506 g/mol. The van der Waals surface area contributed by atoms with E-state index in [2.05, 4.69) is 0 Å². The lowest BCUT2D eigenvalue weighted by atomic mass is 9.94. The fraction of sp³-hybridized carbons (Fsp3) is 0.286. The first-order chi connectivity index (χ1) is 17.9. The highest BCUT2D eigenvalue weighted by atomic mass is 16.5. The van der Waals surface area contributed by atoms with Crippen molar-refractivity contribution in [1.82, 2.24) is 4.90 Å². The number of benzene rings is 2. The molecule has 2 aromatic carbocycles. The molecule has 0 spiro atoms. The summed E-state index contributed by atoms with van der Waals surface area (Å²) in [6.45, 7) is 1.98. The normalized spacial score (nSPS) is 20.1. The molecular weight excluding hydrogens is 478 g/mol. The number of carbonyl (C=O) groups is 2. The number of aliphatic hydroxyl groups is 1. The van der Waals surface area contributed by atoms with E-state index in [9.17, 15) is 14.7 Å². The number of hydrogen-bond donors (Lipinski definition) is 1. The van der Waals surface area contributed by atoms with Crippen molar-refractivity contribution < 1.29 is 38.1 Å². The smallest absolute Gasteiger partial charge is 0.296 e. The van der Waals surface area contributed by atoms with E-state index in [1.807, 2.05) is 6.92 Å². The Kier molecular flexibility index (Phi) is 6.29. The van der Waals surface area contributed by atoms with Crippen LogP contribution >= 0.6 is 0 Å². The van der Waals surface area contributed by atoms with Crippen molar-refractivity contribution in [1.29, 1.82) is 0 Å². The zero-order chi connectivity index (χ0) is 26.3. The number of carbonyl (C=O) groups excluding carboxylic acids is 2. The summed E-state index contributed by atoms with van der Waals surface area (Å²) in [6.07, 6.45) is 2.19. The highest BCUT2D eigenvalue weighted by Gasteiger charge is 2.47. The summed E-state index contributed by atoms with van der Waals surface area (Å²) in [4.78, 5) is 28.1. The molecule has 192 valence electrons. The highest BCUT2D eigenvalue weighted by molar-refractivity contribution is 6.46. The molecule has 2 aliphatic heterocycles. The molecule has 5 rings (SSSR count). The maximum Gasteiger partial charge on any atom is 0.296 e. The second-order valence-corrected chi connectivity index (χ2v) is 8.92. The van der Waals surface area contributed by atoms with Crippen LogP contribution in [0.15, 0.2) is 58.7 Å². The van der Waals surface area contributed by atoms with Crippen molar-refractivity contribution in [3.05, 3.63) is 76.8 Å². The minimum atomic E-state index is -0.942. The fourth-order valence-corrected chi connectivity index (χ4v) is 4.94. The number of hydrogen-bond acceptors (Lipinski definition) is 8. The van der Waals surface area contributed by atoms with Crippen LogP contribution < -0.4 is 18.9 Å². The number of furan rings is 1. The highest BCUT2D eigenvalue weighted by Crippen LogP contribution is 2.46. The van der Waals surface area contributed by atoms with E-state index in [1.54, 1.807) is 42.5 Å². The number of fused-ring (bicyclic) bond motifs is 1. The van der Waals surface area contributed by atoms with Gasteiger partial charge in [0.2, 0.25) is 5.75 Å². The van der Waals surface area contributed by atoms with E-state index >= 15 is 0 Å². The number of likely N-dealkylation sites (tertiary alicyclic amines) is 1. The van der Waals surface area contributed by atoms with Crippen LogP contribution in [0, 0.1) is 0 Å². The predicted molar refractivity (Wildman–Crippen MR) is 133 cm³/mol. The number of rotatable bonds is 7. The van der Waals surface area contributed by atoms with E-state index in [4.69, 9.17) is 23.4 Å². The number of aliphatic hydroxyl groups excluding tert-OH is 1. The van der Waals surface area contributed by atoms with Crippen LogP contribution in [-0.4, -0.2) is 49.1 Å². The first-order valence-electron chi connectivity index (χ1n) is 11.8. The van der Waals surface area contributed by atoms with Crippen molar-refractivity contribution in [2.45, 2.75) is 32.0 Å². The summed E-state index contributed by atoms with van der Waals surface area (Å²) in [5.41, 5.74) is 1.80. The van der Waals surface area contributed by atoms with Gasteiger partial charge in [0.25, 0.3) is 11.7 Å². The van der Waals surface area contributed by atoms with Crippen molar-refractivity contribution in [3.8, 4) is 23.0 Å². The van der Waals surface area contributed by atoms with E-state index in [-0.39, 0.29) is 24.0 Å². The molecule has 1 fully saturated rings. The molecule has 0 aliphatic carbocycles. The zero-order valence-electron chi connectivity index (χ0n) is 20.9. The molecule has 0 radical (unpaired) electrons. The van der Waals surface area contributed by atoms with E-state index < -0.39 is 17.7 Å².